The number of carbonyl (C=O) groups is 2. The number of halogens is 1. The minimum absolute atomic E-state index is 0.175. The van der Waals surface area contributed by atoms with Crippen LogP contribution in [0.2, 0.25) is 0 Å². The smallest absolute Gasteiger partial charge is 0.329 e. The van der Waals surface area contributed by atoms with Crippen LogP contribution in [0.25, 0.3) is 0 Å². The van der Waals surface area contributed by atoms with Gasteiger partial charge in [0.1, 0.15) is 31.4 Å². The SMILES string of the molecule is O=C(O)COCC(=O)NCCOc1cccc(F)c1. The topological polar surface area (TPSA) is 84.9 Å². The fraction of sp³-hybridized carbons (Fsp3) is 0.333. The van der Waals surface area contributed by atoms with Crippen molar-refractivity contribution >= 4 is 11.9 Å². The summed E-state index contributed by atoms with van der Waals surface area (Å²) in [4.78, 5) is 21.3. The number of rotatable bonds is 8. The van der Waals surface area contributed by atoms with Crippen molar-refractivity contribution in [3.05, 3.63) is 30.1 Å². The monoisotopic (exact) mass is 271 g/mol. The summed E-state index contributed by atoms with van der Waals surface area (Å²) in [5, 5.41) is 10.7. The minimum atomic E-state index is -1.14. The first-order valence-electron chi connectivity index (χ1n) is 5.52. The highest BCUT2D eigenvalue weighted by atomic mass is 19.1. The second kappa shape index (κ2) is 8.04. The molecule has 0 aliphatic carbocycles. The zero-order valence-corrected chi connectivity index (χ0v) is 10.1. The third kappa shape index (κ3) is 6.99. The molecule has 1 rings (SSSR count). The summed E-state index contributed by atoms with van der Waals surface area (Å²) in [7, 11) is 0. The van der Waals surface area contributed by atoms with Crippen molar-refractivity contribution in [2.24, 2.45) is 0 Å². The van der Waals surface area contributed by atoms with Crippen molar-refractivity contribution in [3.63, 3.8) is 0 Å². The molecule has 2 N–H and O–H groups in total. The van der Waals surface area contributed by atoms with Gasteiger partial charge in [0.15, 0.2) is 0 Å². The molecule has 0 bridgehead atoms. The van der Waals surface area contributed by atoms with Crippen LogP contribution < -0.4 is 10.1 Å². The largest absolute Gasteiger partial charge is 0.492 e. The second-order valence-electron chi connectivity index (χ2n) is 3.54. The summed E-state index contributed by atoms with van der Waals surface area (Å²) in [6.07, 6.45) is 0. The molecule has 6 nitrogen and oxygen atoms in total. The van der Waals surface area contributed by atoms with Gasteiger partial charge in [0.2, 0.25) is 5.91 Å². The Kier molecular flexibility index (Phi) is 6.31. The molecule has 7 heteroatoms. The van der Waals surface area contributed by atoms with Gasteiger partial charge in [-0.15, -0.1) is 0 Å². The van der Waals surface area contributed by atoms with E-state index in [2.05, 4.69) is 10.1 Å². The molecule has 0 heterocycles. The van der Waals surface area contributed by atoms with Crippen LogP contribution in [-0.2, 0) is 14.3 Å². The summed E-state index contributed by atoms with van der Waals surface area (Å²) in [5.41, 5.74) is 0. The molecule has 0 saturated heterocycles. The number of carbonyl (C=O) groups excluding carboxylic acids is 1. The molecule has 0 spiro atoms. The molecule has 0 radical (unpaired) electrons. The molecule has 1 amide bonds. The molecule has 19 heavy (non-hydrogen) atoms. The predicted octanol–water partition coefficient (Wildman–Crippen LogP) is 0.422. The summed E-state index contributed by atoms with van der Waals surface area (Å²) in [5.74, 6) is -1.61. The Balaban J connectivity index is 2.10. The minimum Gasteiger partial charge on any atom is -0.492 e. The molecular weight excluding hydrogens is 257 g/mol. The van der Waals surface area contributed by atoms with Crippen LogP contribution in [0.1, 0.15) is 0 Å². The van der Waals surface area contributed by atoms with E-state index in [0.29, 0.717) is 5.75 Å². The van der Waals surface area contributed by atoms with E-state index in [0.717, 1.165) is 0 Å². The highest BCUT2D eigenvalue weighted by Crippen LogP contribution is 2.11. The van der Waals surface area contributed by atoms with Gasteiger partial charge in [0.25, 0.3) is 0 Å². The van der Waals surface area contributed by atoms with Crippen molar-refractivity contribution in [2.45, 2.75) is 0 Å². The maximum atomic E-state index is 12.8. The first-order valence-corrected chi connectivity index (χ1v) is 5.52. The van der Waals surface area contributed by atoms with Gasteiger partial charge in [-0.25, -0.2) is 9.18 Å². The van der Waals surface area contributed by atoms with Gasteiger partial charge >= 0.3 is 5.97 Å². The number of nitrogens with one attached hydrogen (secondary N) is 1. The van der Waals surface area contributed by atoms with E-state index in [1.54, 1.807) is 6.07 Å². The predicted molar refractivity (Wildman–Crippen MR) is 63.4 cm³/mol. The van der Waals surface area contributed by atoms with Crippen LogP contribution in [0.15, 0.2) is 24.3 Å². The first-order chi connectivity index (χ1) is 9.08. The molecule has 0 aromatic heterocycles. The zero-order valence-electron chi connectivity index (χ0n) is 10.1. The molecule has 0 unspecified atom stereocenters. The average molecular weight is 271 g/mol. The Bertz CT molecular complexity index is 438. The van der Waals surface area contributed by atoms with E-state index in [9.17, 15) is 14.0 Å². The Morgan fingerprint density at radius 3 is 2.79 bits per heavy atom. The molecule has 0 aliphatic rings. The van der Waals surface area contributed by atoms with Gasteiger partial charge in [-0.05, 0) is 12.1 Å². The van der Waals surface area contributed by atoms with Gasteiger partial charge in [0, 0.05) is 6.07 Å². The summed E-state index contributed by atoms with van der Waals surface area (Å²) in [6, 6.07) is 5.65. The van der Waals surface area contributed by atoms with E-state index < -0.39 is 24.3 Å². The van der Waals surface area contributed by atoms with Crippen molar-refractivity contribution in [3.8, 4) is 5.75 Å². The fourth-order valence-electron chi connectivity index (χ4n) is 1.20. The molecule has 0 atom stereocenters. The number of carboxylic acid groups (broad SMARTS) is 1. The van der Waals surface area contributed by atoms with Crippen molar-refractivity contribution < 1.29 is 28.6 Å². The van der Waals surface area contributed by atoms with Gasteiger partial charge in [-0.1, -0.05) is 6.07 Å². The molecule has 1 aromatic rings. The Hall–Kier alpha value is -2.15. The van der Waals surface area contributed by atoms with Crippen LogP contribution >= 0.6 is 0 Å². The first kappa shape index (κ1) is 14.9. The third-order valence-electron chi connectivity index (χ3n) is 1.95. The Morgan fingerprint density at radius 1 is 1.32 bits per heavy atom. The van der Waals surface area contributed by atoms with Crippen LogP contribution in [0.3, 0.4) is 0 Å². The fourth-order valence-corrected chi connectivity index (χ4v) is 1.20. The summed E-state index contributed by atoms with van der Waals surface area (Å²) in [6.45, 7) is -0.459. The zero-order chi connectivity index (χ0) is 14.1. The maximum absolute atomic E-state index is 12.8. The summed E-state index contributed by atoms with van der Waals surface area (Å²) < 4.78 is 22.6. The number of benzene rings is 1. The number of carboxylic acids is 1. The lowest BCUT2D eigenvalue weighted by Gasteiger charge is -2.07. The van der Waals surface area contributed by atoms with Gasteiger partial charge in [-0.3, -0.25) is 4.79 Å². The van der Waals surface area contributed by atoms with E-state index in [1.807, 2.05) is 0 Å². The van der Waals surface area contributed by atoms with Gasteiger partial charge < -0.3 is 19.9 Å². The van der Waals surface area contributed by atoms with E-state index in [1.165, 1.54) is 18.2 Å². The van der Waals surface area contributed by atoms with E-state index in [-0.39, 0.29) is 19.8 Å². The Labute approximate surface area is 109 Å². The second-order valence-corrected chi connectivity index (χ2v) is 3.54. The van der Waals surface area contributed by atoms with Gasteiger partial charge in [-0.2, -0.15) is 0 Å². The number of hydrogen-bond acceptors (Lipinski definition) is 4. The lowest BCUT2D eigenvalue weighted by molar-refractivity contribution is -0.143. The third-order valence-corrected chi connectivity index (χ3v) is 1.95. The van der Waals surface area contributed by atoms with Gasteiger partial charge in [0.05, 0.1) is 6.54 Å². The summed E-state index contributed by atoms with van der Waals surface area (Å²) >= 11 is 0. The van der Waals surface area contributed by atoms with Crippen LogP contribution in [0.5, 0.6) is 5.75 Å². The lowest BCUT2D eigenvalue weighted by atomic mass is 10.3. The van der Waals surface area contributed by atoms with E-state index in [4.69, 9.17) is 9.84 Å². The molecule has 0 fully saturated rings. The quantitative estimate of drug-likeness (QED) is 0.669. The number of ether oxygens (including phenoxy) is 2. The lowest BCUT2D eigenvalue weighted by Crippen LogP contribution is -2.31. The average Bonchev–Trinajstić information content (AvgIpc) is 2.34. The Morgan fingerprint density at radius 2 is 2.11 bits per heavy atom. The molecule has 1 aromatic carbocycles. The van der Waals surface area contributed by atoms with Crippen LogP contribution in [-0.4, -0.2) is 43.3 Å². The molecule has 104 valence electrons. The number of amides is 1. The van der Waals surface area contributed by atoms with Crippen LogP contribution in [0, 0.1) is 5.82 Å². The van der Waals surface area contributed by atoms with E-state index >= 15 is 0 Å². The van der Waals surface area contributed by atoms with Crippen molar-refractivity contribution in [1.82, 2.24) is 5.32 Å². The van der Waals surface area contributed by atoms with Crippen molar-refractivity contribution in [2.75, 3.05) is 26.4 Å². The number of aliphatic carboxylic acids is 1. The van der Waals surface area contributed by atoms with Crippen molar-refractivity contribution in [1.29, 1.82) is 0 Å². The highest BCUT2D eigenvalue weighted by molar-refractivity contribution is 5.77. The molecule has 0 aliphatic heterocycles. The molecular formula is C12H14FNO5. The normalized spacial score (nSPS) is 9.95. The van der Waals surface area contributed by atoms with Crippen LogP contribution in [0.4, 0.5) is 4.39 Å². The molecule has 0 saturated carbocycles. The number of hydrogen-bond donors (Lipinski definition) is 2. The maximum Gasteiger partial charge on any atom is 0.329 e. The highest BCUT2D eigenvalue weighted by Gasteiger charge is 2.03. The standard InChI is InChI=1S/C12H14FNO5/c13-9-2-1-3-10(6-9)19-5-4-14-11(15)7-18-8-12(16)17/h1-3,6H,4-5,7-8H2,(H,14,15)(H,16,17).